The fourth-order valence-corrected chi connectivity index (χ4v) is 11.7. The highest BCUT2D eigenvalue weighted by molar-refractivity contribution is 7.99. The zero-order valence-corrected chi connectivity index (χ0v) is 44.4. The third-order valence-electron chi connectivity index (χ3n) is 12.2. The van der Waals surface area contributed by atoms with Crippen LogP contribution in [0.3, 0.4) is 0 Å². The van der Waals surface area contributed by atoms with Gasteiger partial charge in [0.2, 0.25) is 17.7 Å². The average Bonchev–Trinajstić information content (AvgIpc) is 3.90. The van der Waals surface area contributed by atoms with E-state index in [0.717, 1.165) is 17.2 Å². The van der Waals surface area contributed by atoms with Gasteiger partial charge >= 0.3 is 23.5 Å². The Hall–Kier alpha value is -3.00. The maximum Gasteiger partial charge on any atom is 0.481 e. The molecule has 2 aromatic rings. The normalized spacial score (nSPS) is 31.3. The number of nitrogens with two attached hydrogens (primary N) is 4. The summed E-state index contributed by atoms with van der Waals surface area (Å²) < 4.78 is 74.0. The maximum absolute atomic E-state index is 12.8. The molecule has 17 atom stereocenters. The number of phosphoric acid groups is 3. The van der Waals surface area contributed by atoms with Crippen LogP contribution in [0.4, 0.5) is 5.82 Å². The highest BCUT2D eigenvalue weighted by Gasteiger charge is 2.51. The standard InChI is InChI=1S/C38H68N11O23P3S/c1-38(2,14-67-75(64,65)72-74(62,63)66-13-20-31(71-73(59,60)61)29(56)36(68-20)49-16-48-24-33(42)46-15-47-34(24)49)32(57)35(58)44-7-6-22(51)43-8-10-76-9-4-3-5-21(50)45-12-19-26(53)27(54)23(41)37(69-19)70-30-18(40)11-17(39)25(52)28(30)55/h15-20,23,25-32,36-37,52-57H,3-14,39-41H2,1-2H3,(H,43,51)(H,44,58)(H,45,50)(H,62,63)(H,64,65)(H2,42,46,47)(H2,59,60,61)/t17-,18+,19-,20-,23-,25+,26-,27-,28-,29-,30-,31-,32+,36-,37-/m1/s1. The van der Waals surface area contributed by atoms with E-state index in [4.69, 9.17) is 46.2 Å². The number of anilines is 1. The van der Waals surface area contributed by atoms with Gasteiger partial charge in [-0.05, 0) is 25.0 Å². The van der Waals surface area contributed by atoms with Gasteiger partial charge in [-0.25, -0.2) is 28.6 Å². The van der Waals surface area contributed by atoms with Crippen molar-refractivity contribution in [3.05, 3.63) is 12.7 Å². The molecule has 76 heavy (non-hydrogen) atoms. The van der Waals surface area contributed by atoms with Crippen molar-refractivity contribution in [1.82, 2.24) is 35.5 Å². The lowest BCUT2D eigenvalue weighted by Gasteiger charge is -2.45. The van der Waals surface area contributed by atoms with Crippen molar-refractivity contribution in [3.8, 4) is 0 Å². The number of carbonyl (C=O) groups excluding carboxylic acids is 3. The first-order valence-electron chi connectivity index (χ1n) is 23.4. The minimum absolute atomic E-state index is 0.0145. The van der Waals surface area contributed by atoms with Crippen molar-refractivity contribution in [3.63, 3.8) is 0 Å². The van der Waals surface area contributed by atoms with E-state index in [1.807, 2.05) is 0 Å². The molecule has 0 bridgehead atoms. The molecule has 3 aliphatic rings. The Bertz CT molecular complexity index is 2420. The predicted molar refractivity (Wildman–Crippen MR) is 260 cm³/mol. The molecule has 34 nitrogen and oxygen atoms in total. The number of aliphatic hydroxyl groups excluding tert-OH is 6. The number of phosphoric ester groups is 3. The average molecular weight is 1170 g/mol. The van der Waals surface area contributed by atoms with Crippen molar-refractivity contribution in [1.29, 1.82) is 0 Å². The zero-order valence-electron chi connectivity index (χ0n) is 40.9. The molecule has 21 N–H and O–H groups in total. The van der Waals surface area contributed by atoms with Crippen LogP contribution < -0.4 is 38.9 Å². The summed E-state index contributed by atoms with van der Waals surface area (Å²) in [5, 5.41) is 71.0. The number of fused-ring (bicyclic) bond motifs is 1. The van der Waals surface area contributed by atoms with E-state index in [0.29, 0.717) is 24.3 Å². The molecule has 434 valence electrons. The van der Waals surface area contributed by atoms with Gasteiger partial charge in [-0.1, -0.05) is 13.8 Å². The van der Waals surface area contributed by atoms with Gasteiger partial charge in [0.25, 0.3) is 0 Å². The Morgan fingerprint density at radius 3 is 2.20 bits per heavy atom. The van der Waals surface area contributed by atoms with Crippen molar-refractivity contribution < 1.29 is 110 Å². The molecule has 0 radical (unpaired) electrons. The van der Waals surface area contributed by atoms with E-state index in [9.17, 15) is 78.3 Å². The van der Waals surface area contributed by atoms with Gasteiger partial charge in [0, 0.05) is 55.7 Å². The number of nitrogens with zero attached hydrogens (tertiary/aromatic N) is 4. The quantitative estimate of drug-likeness (QED) is 0.0279. The number of nitrogen functional groups attached to an aromatic ring is 1. The molecule has 2 aromatic heterocycles. The summed E-state index contributed by atoms with van der Waals surface area (Å²) in [4.78, 5) is 88.8. The topological polar surface area (TPSA) is 553 Å². The molecule has 5 rings (SSSR count). The fourth-order valence-electron chi connectivity index (χ4n) is 7.97. The van der Waals surface area contributed by atoms with Crippen LogP contribution >= 0.6 is 35.2 Å². The number of ether oxygens (including phenoxy) is 3. The lowest BCUT2D eigenvalue weighted by atomic mass is 9.84. The minimum Gasteiger partial charge on any atom is -0.389 e. The van der Waals surface area contributed by atoms with Crippen LogP contribution in [0, 0.1) is 5.41 Å². The molecular formula is C38H68N11O23P3S. The number of aliphatic hydroxyl groups is 6. The van der Waals surface area contributed by atoms with E-state index >= 15 is 0 Å². The number of unbranched alkanes of at least 4 members (excludes halogenated alkanes) is 1. The largest absolute Gasteiger partial charge is 0.481 e. The molecule has 4 heterocycles. The number of rotatable bonds is 28. The van der Waals surface area contributed by atoms with Gasteiger partial charge in [-0.15, -0.1) is 0 Å². The van der Waals surface area contributed by atoms with Gasteiger partial charge in [0.15, 0.2) is 24.0 Å². The summed E-state index contributed by atoms with van der Waals surface area (Å²) in [7, 11) is -16.5. The lowest BCUT2D eigenvalue weighted by molar-refractivity contribution is -0.288. The molecule has 3 fully saturated rings. The highest BCUT2D eigenvalue weighted by atomic mass is 32.2. The second kappa shape index (κ2) is 27.4. The summed E-state index contributed by atoms with van der Waals surface area (Å²) in [6.07, 6.45) is -15.1. The number of hydrogen-bond donors (Lipinski definition) is 17. The van der Waals surface area contributed by atoms with Crippen molar-refractivity contribution >= 4 is 69.9 Å². The van der Waals surface area contributed by atoms with Crippen molar-refractivity contribution in [2.24, 2.45) is 22.6 Å². The summed E-state index contributed by atoms with van der Waals surface area (Å²) in [6, 6.07) is -2.81. The molecule has 2 unspecified atom stereocenters. The third kappa shape index (κ3) is 17.8. The first-order chi connectivity index (χ1) is 35.4. The van der Waals surface area contributed by atoms with Gasteiger partial charge in [0.1, 0.15) is 66.8 Å². The van der Waals surface area contributed by atoms with Crippen LogP contribution in [0.2, 0.25) is 0 Å². The smallest absolute Gasteiger partial charge is 0.389 e. The molecule has 1 saturated carbocycles. The number of hydrogen-bond acceptors (Lipinski definition) is 27. The summed E-state index contributed by atoms with van der Waals surface area (Å²) >= 11 is 1.50. The van der Waals surface area contributed by atoms with Gasteiger partial charge < -0.3 is 103 Å². The predicted octanol–water partition coefficient (Wildman–Crippen LogP) is -5.64. The third-order valence-corrected chi connectivity index (χ3v) is 16.4. The summed E-state index contributed by atoms with van der Waals surface area (Å²) in [6.45, 7) is 0.243. The zero-order chi connectivity index (χ0) is 56.5. The van der Waals surface area contributed by atoms with Gasteiger partial charge in [-0.3, -0.25) is 32.5 Å². The fraction of sp³-hybridized carbons (Fsp3) is 0.789. The van der Waals surface area contributed by atoms with Gasteiger partial charge in [-0.2, -0.15) is 16.1 Å². The molecular weight excluding hydrogens is 1100 g/mol. The van der Waals surface area contributed by atoms with Crippen LogP contribution in [0.5, 0.6) is 0 Å². The van der Waals surface area contributed by atoms with E-state index in [1.54, 1.807) is 0 Å². The first-order valence-corrected chi connectivity index (χ1v) is 29.1. The van der Waals surface area contributed by atoms with E-state index in [1.165, 1.54) is 25.6 Å². The number of imidazole rings is 1. The van der Waals surface area contributed by atoms with E-state index in [2.05, 4.69) is 39.7 Å². The maximum atomic E-state index is 12.8. The molecule has 0 spiro atoms. The molecule has 3 amide bonds. The number of nitrogens with one attached hydrogen (secondary N) is 3. The molecule has 2 saturated heterocycles. The lowest BCUT2D eigenvalue weighted by Crippen LogP contribution is -2.67. The minimum atomic E-state index is -5.61. The van der Waals surface area contributed by atoms with Crippen LogP contribution in [0.15, 0.2) is 12.7 Å². The number of thioether (sulfide) groups is 1. The second-order valence-electron chi connectivity index (χ2n) is 18.7. The van der Waals surface area contributed by atoms with Crippen LogP contribution in [-0.4, -0.2) is 217 Å². The first kappa shape index (κ1) is 63.8. The van der Waals surface area contributed by atoms with Crippen LogP contribution in [0.25, 0.3) is 11.2 Å². The number of amides is 3. The Morgan fingerprint density at radius 1 is 0.816 bits per heavy atom. The summed E-state index contributed by atoms with van der Waals surface area (Å²) in [5.41, 5.74) is 22.1. The Labute approximate surface area is 437 Å². The molecule has 2 aliphatic heterocycles. The number of aromatic nitrogens is 4. The van der Waals surface area contributed by atoms with Crippen molar-refractivity contribution in [2.75, 3.05) is 50.1 Å². The van der Waals surface area contributed by atoms with Crippen LogP contribution in [0.1, 0.15) is 52.2 Å². The molecule has 38 heteroatoms. The monoisotopic (exact) mass is 1170 g/mol. The second-order valence-corrected chi connectivity index (χ2v) is 24.2. The molecule has 1 aliphatic carbocycles. The Kier molecular flexibility index (Phi) is 23.0. The van der Waals surface area contributed by atoms with E-state index < -0.39 is 146 Å². The van der Waals surface area contributed by atoms with Gasteiger partial charge in [0.05, 0.1) is 31.7 Å². The Balaban J connectivity index is 0.932. The van der Waals surface area contributed by atoms with Crippen molar-refractivity contribution in [2.45, 2.75) is 138 Å². The highest BCUT2D eigenvalue weighted by Crippen LogP contribution is 2.61. The SMILES string of the molecule is CC(C)(COP(=O)(O)OP(=O)(O)OC[C@H]1O[C@@H](n2cnc3c(N)ncnc32)[C@H](O)[C@@H]1OP(=O)(O)O)[C@@H](O)C(=O)NCCC(=O)NCCSCCCCC(=O)NC[C@H]1O[C@H](O[C@H]2[C@H](O)[C@@H](O)[C@H](N)C[C@@H]2N)[C@H](N)[C@@H](O)[C@@H]1O. The van der Waals surface area contributed by atoms with E-state index in [-0.39, 0.29) is 61.8 Å². The number of carbonyl (C=O) groups is 3. The summed E-state index contributed by atoms with van der Waals surface area (Å²) in [5.74, 6) is -0.694. The van der Waals surface area contributed by atoms with Crippen LogP contribution in [-0.2, 0) is 60.2 Å². The molecule has 0 aromatic carbocycles. The Morgan fingerprint density at radius 2 is 1.50 bits per heavy atom.